The first-order valence-corrected chi connectivity index (χ1v) is 11.1. The monoisotopic (exact) mass is 395 g/mol. The lowest BCUT2D eigenvalue weighted by atomic mass is 10.1. The maximum atomic E-state index is 13.0. The summed E-state index contributed by atoms with van der Waals surface area (Å²) in [5, 5.41) is 2.97. The summed E-state index contributed by atoms with van der Waals surface area (Å²) in [4.78, 5) is 14.9. The number of nitrogens with zero attached hydrogens (tertiary/aromatic N) is 2. The molecule has 150 valence electrons. The fraction of sp³-hybridized carbons (Fsp3) is 0.632. The zero-order chi connectivity index (χ0) is 19.4. The minimum atomic E-state index is -3.60. The summed E-state index contributed by atoms with van der Waals surface area (Å²) in [6.45, 7) is 7.19. The first-order valence-electron chi connectivity index (χ1n) is 9.71. The number of ether oxygens (including phenoxy) is 1. The van der Waals surface area contributed by atoms with Crippen molar-refractivity contribution in [1.82, 2.24) is 4.31 Å². The van der Waals surface area contributed by atoms with Gasteiger partial charge >= 0.3 is 0 Å². The molecular weight excluding hydrogens is 366 g/mol. The van der Waals surface area contributed by atoms with E-state index < -0.39 is 10.0 Å². The number of amides is 1. The van der Waals surface area contributed by atoms with E-state index >= 15 is 0 Å². The molecule has 0 spiro atoms. The smallest absolute Gasteiger partial charge is 0.243 e. The van der Waals surface area contributed by atoms with Crippen LogP contribution in [0.4, 0.5) is 11.4 Å². The van der Waals surface area contributed by atoms with Crippen LogP contribution in [0.3, 0.4) is 0 Å². The summed E-state index contributed by atoms with van der Waals surface area (Å²) in [5.74, 6) is -0.213. The number of nitrogens with one attached hydrogen (secondary N) is 1. The second kappa shape index (κ2) is 8.58. The second-order valence-electron chi connectivity index (χ2n) is 7.19. The van der Waals surface area contributed by atoms with E-state index in [2.05, 4.69) is 10.2 Å². The van der Waals surface area contributed by atoms with Crippen LogP contribution in [0.25, 0.3) is 0 Å². The van der Waals surface area contributed by atoms with E-state index in [0.29, 0.717) is 32.0 Å². The SMILES string of the molecule is CC[C@@H](C)C(=O)Nc1cc(S(=O)(=O)N2CCOCC2)ccc1N1CCCC1. The molecule has 1 aromatic carbocycles. The van der Waals surface area contributed by atoms with E-state index in [-0.39, 0.29) is 16.7 Å². The molecule has 0 bridgehead atoms. The quantitative estimate of drug-likeness (QED) is 0.800. The number of hydrogen-bond donors (Lipinski definition) is 1. The molecule has 3 rings (SSSR count). The van der Waals surface area contributed by atoms with Gasteiger partial charge in [0, 0.05) is 32.1 Å². The molecule has 0 aromatic heterocycles. The van der Waals surface area contributed by atoms with Crippen molar-refractivity contribution >= 4 is 27.3 Å². The highest BCUT2D eigenvalue weighted by molar-refractivity contribution is 7.89. The van der Waals surface area contributed by atoms with Crippen molar-refractivity contribution < 1.29 is 17.9 Å². The first-order chi connectivity index (χ1) is 12.9. The van der Waals surface area contributed by atoms with Gasteiger partial charge in [-0.1, -0.05) is 13.8 Å². The molecular formula is C19H29N3O4S. The summed E-state index contributed by atoms with van der Waals surface area (Å²) >= 11 is 0. The van der Waals surface area contributed by atoms with E-state index in [1.807, 2.05) is 19.9 Å². The molecule has 1 N–H and O–H groups in total. The third-order valence-electron chi connectivity index (χ3n) is 5.34. The van der Waals surface area contributed by atoms with Crippen LogP contribution in [0.1, 0.15) is 33.1 Å². The van der Waals surface area contributed by atoms with Gasteiger partial charge in [-0.15, -0.1) is 0 Å². The molecule has 1 aromatic rings. The van der Waals surface area contributed by atoms with Crippen LogP contribution >= 0.6 is 0 Å². The van der Waals surface area contributed by atoms with Gasteiger partial charge in [-0.2, -0.15) is 4.31 Å². The first kappa shape index (κ1) is 20.1. The summed E-state index contributed by atoms with van der Waals surface area (Å²) in [5.41, 5.74) is 1.47. The Hall–Kier alpha value is -1.64. The molecule has 1 atom stereocenters. The largest absolute Gasteiger partial charge is 0.379 e. The lowest BCUT2D eigenvalue weighted by Crippen LogP contribution is -2.40. The molecule has 8 heteroatoms. The van der Waals surface area contributed by atoms with E-state index in [9.17, 15) is 13.2 Å². The second-order valence-corrected chi connectivity index (χ2v) is 9.13. The highest BCUT2D eigenvalue weighted by Gasteiger charge is 2.28. The minimum Gasteiger partial charge on any atom is -0.379 e. The van der Waals surface area contributed by atoms with Gasteiger partial charge in [-0.3, -0.25) is 4.79 Å². The molecule has 27 heavy (non-hydrogen) atoms. The molecule has 2 aliphatic heterocycles. The predicted molar refractivity (Wildman–Crippen MR) is 106 cm³/mol. The van der Waals surface area contributed by atoms with E-state index in [1.54, 1.807) is 12.1 Å². The average Bonchev–Trinajstić information content (AvgIpc) is 3.22. The van der Waals surface area contributed by atoms with E-state index in [1.165, 1.54) is 4.31 Å². The molecule has 0 unspecified atom stereocenters. The molecule has 0 saturated carbocycles. The zero-order valence-corrected chi connectivity index (χ0v) is 16.9. The molecule has 1 amide bonds. The van der Waals surface area contributed by atoms with Crippen LogP contribution in [0.15, 0.2) is 23.1 Å². The molecule has 2 aliphatic rings. The molecule has 7 nitrogen and oxygen atoms in total. The fourth-order valence-electron chi connectivity index (χ4n) is 3.39. The Morgan fingerprint density at radius 3 is 2.48 bits per heavy atom. The normalized spacial score (nSPS) is 19.9. The van der Waals surface area contributed by atoms with Crippen molar-refractivity contribution in [2.75, 3.05) is 49.6 Å². The Morgan fingerprint density at radius 2 is 1.85 bits per heavy atom. The highest BCUT2D eigenvalue weighted by atomic mass is 32.2. The maximum Gasteiger partial charge on any atom is 0.243 e. The van der Waals surface area contributed by atoms with Gasteiger partial charge in [0.25, 0.3) is 0 Å². The maximum absolute atomic E-state index is 13.0. The topological polar surface area (TPSA) is 79.0 Å². The van der Waals surface area contributed by atoms with Crippen LogP contribution in [-0.4, -0.2) is 58.0 Å². The number of morpholine rings is 1. The molecule has 0 aliphatic carbocycles. The predicted octanol–water partition coefficient (Wildman–Crippen LogP) is 2.29. The Balaban J connectivity index is 1.94. The summed E-state index contributed by atoms with van der Waals surface area (Å²) in [7, 11) is -3.60. The van der Waals surface area contributed by atoms with Gasteiger partial charge in [0.1, 0.15) is 0 Å². The van der Waals surface area contributed by atoms with Crippen molar-refractivity contribution in [1.29, 1.82) is 0 Å². The molecule has 2 heterocycles. The van der Waals surface area contributed by atoms with Crippen LogP contribution in [0.2, 0.25) is 0 Å². The van der Waals surface area contributed by atoms with Crippen LogP contribution in [-0.2, 0) is 19.6 Å². The van der Waals surface area contributed by atoms with Crippen molar-refractivity contribution in [2.24, 2.45) is 5.92 Å². The summed E-state index contributed by atoms with van der Waals surface area (Å²) in [6, 6.07) is 5.08. The lowest BCUT2D eigenvalue weighted by Gasteiger charge is -2.27. The van der Waals surface area contributed by atoms with Gasteiger partial charge in [-0.25, -0.2) is 8.42 Å². The third-order valence-corrected chi connectivity index (χ3v) is 7.24. The number of carbonyl (C=O) groups is 1. The van der Waals surface area contributed by atoms with Crippen LogP contribution in [0, 0.1) is 5.92 Å². The molecule has 0 radical (unpaired) electrons. The van der Waals surface area contributed by atoms with Gasteiger partial charge in [-0.05, 0) is 37.5 Å². The van der Waals surface area contributed by atoms with Gasteiger partial charge < -0.3 is 15.0 Å². The van der Waals surface area contributed by atoms with Crippen molar-refractivity contribution in [3.8, 4) is 0 Å². The van der Waals surface area contributed by atoms with Gasteiger partial charge in [0.2, 0.25) is 15.9 Å². The standard InChI is InChI=1S/C19H29N3O4S/c1-3-15(2)19(23)20-17-14-16(6-7-18(17)21-8-4-5-9-21)27(24,25)22-10-12-26-13-11-22/h6-7,14-15H,3-5,8-13H2,1-2H3,(H,20,23)/t15-/m1/s1. The highest BCUT2D eigenvalue weighted by Crippen LogP contribution is 2.33. The van der Waals surface area contributed by atoms with Crippen molar-refractivity contribution in [3.63, 3.8) is 0 Å². The van der Waals surface area contributed by atoms with E-state index in [4.69, 9.17) is 4.74 Å². The van der Waals surface area contributed by atoms with Crippen molar-refractivity contribution in [3.05, 3.63) is 18.2 Å². The van der Waals surface area contributed by atoms with Crippen LogP contribution in [0.5, 0.6) is 0 Å². The van der Waals surface area contributed by atoms with Crippen molar-refractivity contribution in [2.45, 2.75) is 38.0 Å². The number of rotatable bonds is 6. The Morgan fingerprint density at radius 1 is 1.19 bits per heavy atom. The molecule has 2 fully saturated rings. The van der Waals surface area contributed by atoms with E-state index in [0.717, 1.165) is 38.0 Å². The lowest BCUT2D eigenvalue weighted by molar-refractivity contribution is -0.119. The average molecular weight is 396 g/mol. The Bertz CT molecular complexity index is 769. The van der Waals surface area contributed by atoms with Gasteiger partial charge in [0.05, 0.1) is 29.5 Å². The number of hydrogen-bond acceptors (Lipinski definition) is 5. The fourth-order valence-corrected chi connectivity index (χ4v) is 4.82. The number of sulfonamides is 1. The minimum absolute atomic E-state index is 0.0844. The number of carbonyl (C=O) groups excluding carboxylic acids is 1. The Labute approximate surface area is 161 Å². The zero-order valence-electron chi connectivity index (χ0n) is 16.1. The molecule has 2 saturated heterocycles. The van der Waals surface area contributed by atoms with Gasteiger partial charge in [0.15, 0.2) is 0 Å². The third kappa shape index (κ3) is 4.44. The number of benzene rings is 1. The number of anilines is 2. The summed E-state index contributed by atoms with van der Waals surface area (Å²) in [6.07, 6.45) is 2.94. The Kier molecular flexibility index (Phi) is 6.39. The van der Waals surface area contributed by atoms with Crippen LogP contribution < -0.4 is 10.2 Å². The summed E-state index contributed by atoms with van der Waals surface area (Å²) < 4.78 is 32.7.